The number of rotatable bonds is 7. The van der Waals surface area contributed by atoms with Gasteiger partial charge in [-0.3, -0.25) is 0 Å². The summed E-state index contributed by atoms with van der Waals surface area (Å²) < 4.78 is 52.3. The summed E-state index contributed by atoms with van der Waals surface area (Å²) in [4.78, 5) is 7.33. The average Bonchev–Trinajstić information content (AvgIpc) is 2.53. The molecule has 0 spiro atoms. The zero-order valence-corrected chi connectivity index (χ0v) is 12.6. The molecule has 2 aromatic rings. The number of hydrogen-bond donors (Lipinski definition) is 3. The van der Waals surface area contributed by atoms with Gasteiger partial charge in [0.1, 0.15) is 11.6 Å². The molecule has 0 saturated carbocycles. The van der Waals surface area contributed by atoms with Crippen LogP contribution in [0.15, 0.2) is 30.3 Å². The summed E-state index contributed by atoms with van der Waals surface area (Å²) in [5.41, 5.74) is -0.806. The second kappa shape index (κ2) is 7.91. The predicted molar refractivity (Wildman–Crippen MR) is 81.0 cm³/mol. The molecule has 0 saturated heterocycles. The summed E-state index contributed by atoms with van der Waals surface area (Å²) in [6.07, 6.45) is -4.29. The van der Waals surface area contributed by atoms with Crippen molar-refractivity contribution in [2.24, 2.45) is 0 Å². The van der Waals surface area contributed by atoms with Crippen molar-refractivity contribution in [3.8, 4) is 0 Å². The second-order valence-corrected chi connectivity index (χ2v) is 4.91. The van der Waals surface area contributed by atoms with Gasteiger partial charge in [0.15, 0.2) is 5.69 Å². The Bertz CT molecular complexity index is 679. The molecule has 24 heavy (non-hydrogen) atoms. The first-order valence-electron chi connectivity index (χ1n) is 7.18. The molecule has 0 radical (unpaired) electrons. The highest BCUT2D eigenvalue weighted by molar-refractivity contribution is 5.43. The van der Waals surface area contributed by atoms with Crippen LogP contribution in [0.25, 0.3) is 0 Å². The highest BCUT2D eigenvalue weighted by Crippen LogP contribution is 2.29. The van der Waals surface area contributed by atoms with Crippen LogP contribution in [0.5, 0.6) is 0 Å². The Hall–Kier alpha value is -2.42. The van der Waals surface area contributed by atoms with Crippen LogP contribution in [0.1, 0.15) is 17.7 Å². The SMILES string of the molecule is OCCCNc1nc(NCc2ccccc2F)cc(C(F)(F)F)n1. The van der Waals surface area contributed by atoms with Gasteiger partial charge in [-0.2, -0.15) is 18.2 Å². The highest BCUT2D eigenvalue weighted by Gasteiger charge is 2.33. The lowest BCUT2D eigenvalue weighted by molar-refractivity contribution is -0.141. The number of halogens is 4. The zero-order valence-electron chi connectivity index (χ0n) is 12.6. The molecule has 0 fully saturated rings. The third-order valence-corrected chi connectivity index (χ3v) is 3.05. The third-order valence-electron chi connectivity index (χ3n) is 3.05. The molecular weight excluding hydrogens is 328 g/mol. The van der Waals surface area contributed by atoms with Gasteiger partial charge < -0.3 is 15.7 Å². The summed E-state index contributed by atoms with van der Waals surface area (Å²) in [6.45, 7) is 0.103. The summed E-state index contributed by atoms with van der Waals surface area (Å²) in [6, 6.07) is 6.70. The van der Waals surface area contributed by atoms with E-state index in [1.165, 1.54) is 18.2 Å². The van der Waals surface area contributed by atoms with Crippen molar-refractivity contribution in [3.05, 3.63) is 47.4 Å². The van der Waals surface area contributed by atoms with Gasteiger partial charge >= 0.3 is 6.18 Å². The minimum atomic E-state index is -4.63. The van der Waals surface area contributed by atoms with Crippen molar-refractivity contribution in [2.75, 3.05) is 23.8 Å². The minimum Gasteiger partial charge on any atom is -0.396 e. The third kappa shape index (κ3) is 5.05. The molecule has 0 amide bonds. The standard InChI is InChI=1S/C15H16F4N4O/c16-11-5-2-1-4-10(11)9-21-13-8-12(15(17,18)19)22-14(23-13)20-6-3-7-24/h1-2,4-5,8,24H,3,6-7,9H2,(H2,20,21,22,23). The van der Waals surface area contributed by atoms with Crippen LogP contribution in [-0.2, 0) is 12.7 Å². The summed E-state index contributed by atoms with van der Waals surface area (Å²) in [7, 11) is 0. The van der Waals surface area contributed by atoms with Gasteiger partial charge in [-0.15, -0.1) is 0 Å². The van der Waals surface area contributed by atoms with Crippen LogP contribution in [0.2, 0.25) is 0 Å². The Morgan fingerprint density at radius 1 is 1.08 bits per heavy atom. The van der Waals surface area contributed by atoms with E-state index in [1.54, 1.807) is 6.07 Å². The van der Waals surface area contributed by atoms with Crippen LogP contribution < -0.4 is 10.6 Å². The molecule has 0 bridgehead atoms. The Morgan fingerprint density at radius 3 is 2.50 bits per heavy atom. The van der Waals surface area contributed by atoms with Crippen LogP contribution >= 0.6 is 0 Å². The summed E-state index contributed by atoms with van der Waals surface area (Å²) in [5, 5.41) is 14.0. The average molecular weight is 344 g/mol. The maximum Gasteiger partial charge on any atom is 0.433 e. The minimum absolute atomic E-state index is 0.0168. The Morgan fingerprint density at radius 2 is 1.83 bits per heavy atom. The number of aromatic nitrogens is 2. The monoisotopic (exact) mass is 344 g/mol. The largest absolute Gasteiger partial charge is 0.433 e. The van der Waals surface area contributed by atoms with E-state index >= 15 is 0 Å². The number of alkyl halides is 3. The number of benzene rings is 1. The number of nitrogens with zero attached hydrogens (tertiary/aromatic N) is 2. The lowest BCUT2D eigenvalue weighted by Gasteiger charge is -2.13. The van der Waals surface area contributed by atoms with Gasteiger partial charge in [0.05, 0.1) is 0 Å². The molecule has 0 aliphatic rings. The fourth-order valence-corrected chi connectivity index (χ4v) is 1.87. The van der Waals surface area contributed by atoms with Crippen molar-refractivity contribution in [1.82, 2.24) is 9.97 Å². The molecule has 0 aliphatic heterocycles. The number of nitrogens with one attached hydrogen (secondary N) is 2. The van der Waals surface area contributed by atoms with Gasteiger partial charge in [-0.25, -0.2) is 9.37 Å². The lowest BCUT2D eigenvalue weighted by atomic mass is 10.2. The summed E-state index contributed by atoms with van der Waals surface area (Å²) in [5.74, 6) is -0.752. The van der Waals surface area contributed by atoms with Crippen molar-refractivity contribution in [2.45, 2.75) is 19.1 Å². The number of aliphatic hydroxyl groups excluding tert-OH is 1. The molecule has 3 N–H and O–H groups in total. The van der Waals surface area contributed by atoms with E-state index in [9.17, 15) is 17.6 Å². The van der Waals surface area contributed by atoms with Gasteiger partial charge in [0, 0.05) is 31.3 Å². The van der Waals surface area contributed by atoms with Crippen LogP contribution in [-0.4, -0.2) is 28.2 Å². The Kier molecular flexibility index (Phi) is 5.91. The van der Waals surface area contributed by atoms with E-state index in [4.69, 9.17) is 5.11 Å². The molecule has 9 heteroatoms. The highest BCUT2D eigenvalue weighted by atomic mass is 19.4. The second-order valence-electron chi connectivity index (χ2n) is 4.91. The normalized spacial score (nSPS) is 11.4. The van der Waals surface area contributed by atoms with Gasteiger partial charge in [0.25, 0.3) is 0 Å². The molecule has 5 nitrogen and oxygen atoms in total. The number of anilines is 2. The number of aliphatic hydroxyl groups is 1. The Balaban J connectivity index is 2.18. The van der Waals surface area contributed by atoms with Crippen molar-refractivity contribution >= 4 is 11.8 Å². The number of hydrogen-bond acceptors (Lipinski definition) is 5. The van der Waals surface area contributed by atoms with E-state index in [2.05, 4.69) is 20.6 Å². The zero-order chi connectivity index (χ0) is 17.6. The van der Waals surface area contributed by atoms with E-state index in [-0.39, 0.29) is 31.5 Å². The van der Waals surface area contributed by atoms with Crippen molar-refractivity contribution in [3.63, 3.8) is 0 Å². The van der Waals surface area contributed by atoms with Crippen LogP contribution in [0.4, 0.5) is 29.3 Å². The van der Waals surface area contributed by atoms with E-state index < -0.39 is 17.7 Å². The van der Waals surface area contributed by atoms with E-state index in [0.29, 0.717) is 12.0 Å². The van der Waals surface area contributed by atoms with Gasteiger partial charge in [-0.05, 0) is 12.5 Å². The first-order valence-corrected chi connectivity index (χ1v) is 7.18. The molecule has 0 aliphatic carbocycles. The molecule has 1 aromatic heterocycles. The van der Waals surface area contributed by atoms with Gasteiger partial charge in [0.2, 0.25) is 5.95 Å². The molecule has 0 unspecified atom stereocenters. The molecule has 2 rings (SSSR count). The molecule has 0 atom stereocenters. The fourth-order valence-electron chi connectivity index (χ4n) is 1.87. The topological polar surface area (TPSA) is 70.1 Å². The van der Waals surface area contributed by atoms with Crippen LogP contribution in [0.3, 0.4) is 0 Å². The maximum atomic E-state index is 13.6. The fraction of sp³-hybridized carbons (Fsp3) is 0.333. The maximum absolute atomic E-state index is 13.6. The molecule has 130 valence electrons. The molecular formula is C15H16F4N4O. The predicted octanol–water partition coefficient (Wildman–Crippen LogP) is 3.04. The van der Waals surface area contributed by atoms with Gasteiger partial charge in [-0.1, -0.05) is 18.2 Å². The first kappa shape index (κ1) is 17.9. The van der Waals surface area contributed by atoms with Crippen molar-refractivity contribution in [1.29, 1.82) is 0 Å². The summed E-state index contributed by atoms with van der Waals surface area (Å²) >= 11 is 0. The lowest BCUT2D eigenvalue weighted by Crippen LogP contribution is -2.15. The molecule has 1 heterocycles. The molecule has 1 aromatic carbocycles. The Labute approximate surface area is 135 Å². The van der Waals surface area contributed by atoms with Crippen LogP contribution in [0, 0.1) is 5.82 Å². The quantitative estimate of drug-likeness (QED) is 0.532. The van der Waals surface area contributed by atoms with E-state index in [1.807, 2.05) is 0 Å². The first-order chi connectivity index (χ1) is 11.4. The smallest absolute Gasteiger partial charge is 0.396 e. The van der Waals surface area contributed by atoms with Crippen molar-refractivity contribution < 1.29 is 22.7 Å². The van der Waals surface area contributed by atoms with E-state index in [0.717, 1.165) is 6.07 Å².